The summed E-state index contributed by atoms with van der Waals surface area (Å²) in [6.45, 7) is 0. The highest BCUT2D eigenvalue weighted by atomic mass is 32.2. The van der Waals surface area contributed by atoms with Gasteiger partial charge in [-0.05, 0) is 83.7 Å². The van der Waals surface area contributed by atoms with Gasteiger partial charge in [-0.1, -0.05) is 6.07 Å². The Balaban J connectivity index is 1.40. The number of anilines is 1. The van der Waals surface area contributed by atoms with Crippen molar-refractivity contribution in [3.63, 3.8) is 0 Å². The van der Waals surface area contributed by atoms with E-state index < -0.39 is 0 Å². The number of methoxy groups -OCH3 is 1. The average Bonchev–Trinajstić information content (AvgIpc) is 3.58. The van der Waals surface area contributed by atoms with Gasteiger partial charge in [0.25, 0.3) is 5.91 Å². The van der Waals surface area contributed by atoms with Gasteiger partial charge in [-0.15, -0.1) is 0 Å². The lowest BCUT2D eigenvalue weighted by Crippen LogP contribution is -2.29. The summed E-state index contributed by atoms with van der Waals surface area (Å²) in [5, 5.41) is 16.1. The van der Waals surface area contributed by atoms with Crippen molar-refractivity contribution < 1.29 is 18.9 Å². The van der Waals surface area contributed by atoms with Crippen LogP contribution in [0, 0.1) is 5.41 Å². The molecule has 1 amide bonds. The van der Waals surface area contributed by atoms with Gasteiger partial charge in [0.15, 0.2) is 16.7 Å². The van der Waals surface area contributed by atoms with Gasteiger partial charge in [-0.2, -0.15) is 0 Å². The number of nitrogens with zero attached hydrogens (tertiary/aromatic N) is 4. The first kappa shape index (κ1) is 20.4. The molecule has 0 atom stereocenters. The van der Waals surface area contributed by atoms with Crippen molar-refractivity contribution in [2.24, 2.45) is 0 Å². The highest BCUT2D eigenvalue weighted by Crippen LogP contribution is 2.38. The van der Waals surface area contributed by atoms with E-state index in [9.17, 15) is 4.79 Å². The Morgan fingerprint density at radius 1 is 1.16 bits per heavy atom. The molecule has 5 rings (SSSR count). The largest absolute Gasteiger partial charge is 0.493 e. The first-order valence-corrected chi connectivity index (χ1v) is 11.1. The van der Waals surface area contributed by atoms with Gasteiger partial charge in [0, 0.05) is 12.4 Å². The number of benzene rings is 1. The second-order valence-electron chi connectivity index (χ2n) is 7.49. The van der Waals surface area contributed by atoms with Crippen LogP contribution in [0.2, 0.25) is 0 Å². The number of amides is 1. The molecule has 1 saturated carbocycles. The molecule has 10 heteroatoms. The fraction of sp³-hybridized carbons (Fsp3) is 0.273. The average molecular weight is 452 g/mol. The molecule has 0 bridgehead atoms. The molecule has 164 valence electrons. The van der Waals surface area contributed by atoms with Crippen LogP contribution in [0.4, 0.5) is 5.82 Å². The molecule has 2 fully saturated rings. The molecule has 1 aliphatic carbocycles. The molecule has 32 heavy (non-hydrogen) atoms. The van der Waals surface area contributed by atoms with Gasteiger partial charge in [-0.25, -0.2) is 9.53 Å². The van der Waals surface area contributed by atoms with Gasteiger partial charge in [0.2, 0.25) is 11.6 Å². The summed E-state index contributed by atoms with van der Waals surface area (Å²) in [4.78, 5) is 14.7. The van der Waals surface area contributed by atoms with E-state index in [1.807, 2.05) is 30.3 Å². The first-order valence-electron chi connectivity index (χ1n) is 10.3. The normalized spacial score (nSPS) is 18.2. The molecule has 0 spiro atoms. The van der Waals surface area contributed by atoms with Crippen molar-refractivity contribution >= 4 is 34.7 Å². The molecule has 0 radical (unpaired) electrons. The van der Waals surface area contributed by atoms with E-state index in [1.54, 1.807) is 30.1 Å². The number of amidine groups is 1. The van der Waals surface area contributed by atoms with Gasteiger partial charge < -0.3 is 14.0 Å². The van der Waals surface area contributed by atoms with Gasteiger partial charge in [-0.3, -0.25) is 10.2 Å². The van der Waals surface area contributed by atoms with Crippen LogP contribution in [-0.2, 0) is 4.79 Å². The van der Waals surface area contributed by atoms with Crippen LogP contribution in [0.1, 0.15) is 31.2 Å². The second kappa shape index (κ2) is 8.54. The Morgan fingerprint density at radius 2 is 1.91 bits per heavy atom. The zero-order chi connectivity index (χ0) is 22.1. The van der Waals surface area contributed by atoms with Crippen LogP contribution in [0.3, 0.4) is 0 Å². The van der Waals surface area contributed by atoms with E-state index in [0.717, 1.165) is 30.2 Å². The van der Waals surface area contributed by atoms with Gasteiger partial charge in [0.05, 0.1) is 18.1 Å². The molecule has 2 aliphatic rings. The molecule has 1 N–H and O–H groups in total. The zero-order valence-corrected chi connectivity index (χ0v) is 18.2. The third-order valence-electron chi connectivity index (χ3n) is 5.42. The van der Waals surface area contributed by atoms with E-state index in [2.05, 4.69) is 10.3 Å². The summed E-state index contributed by atoms with van der Waals surface area (Å²) >= 11 is 1.05. The van der Waals surface area contributed by atoms with Crippen LogP contribution in [0.15, 0.2) is 52.3 Å². The third kappa shape index (κ3) is 3.77. The molecule has 2 aromatic heterocycles. The van der Waals surface area contributed by atoms with Crippen molar-refractivity contribution in [2.75, 3.05) is 12.0 Å². The van der Waals surface area contributed by atoms with Crippen molar-refractivity contribution in [3.8, 4) is 17.3 Å². The fourth-order valence-electron chi connectivity index (χ4n) is 3.85. The maximum Gasteiger partial charge on any atom is 0.272 e. The molecule has 9 nitrogen and oxygen atoms in total. The van der Waals surface area contributed by atoms with E-state index in [1.165, 1.54) is 17.7 Å². The number of carbonyl (C=O) groups excluding carboxylic acids is 1. The summed E-state index contributed by atoms with van der Waals surface area (Å²) in [6, 6.07) is 9.22. The molecular formula is C22H21N5O4S. The lowest BCUT2D eigenvalue weighted by atomic mass is 10.1. The number of hydrogen-bond donors (Lipinski definition) is 1. The molecule has 3 aromatic rings. The number of nitrogens with one attached hydrogen (secondary N) is 1. The predicted octanol–water partition coefficient (Wildman–Crippen LogP) is 4.25. The number of carbonyl (C=O) groups is 1. The van der Waals surface area contributed by atoms with E-state index in [0.29, 0.717) is 22.2 Å². The van der Waals surface area contributed by atoms with Crippen molar-refractivity contribution in [1.29, 1.82) is 5.41 Å². The minimum atomic E-state index is -0.366. The Hall–Kier alpha value is -3.53. The standard InChI is InChI=1S/C22H21N5O4S/c1-29-17-12-14(8-9-16(17)30-15-6-2-3-7-15)13-18-21(28)27(22(23)32-18)20-19(24-31-25-20)26-10-4-5-11-26/h4-5,8-13,15,23H,2-3,6-7H2,1H3. The highest BCUT2D eigenvalue weighted by molar-refractivity contribution is 8.19. The summed E-state index contributed by atoms with van der Waals surface area (Å²) in [7, 11) is 1.60. The van der Waals surface area contributed by atoms with E-state index in [4.69, 9.17) is 19.5 Å². The predicted molar refractivity (Wildman–Crippen MR) is 120 cm³/mol. The molecule has 3 heterocycles. The third-order valence-corrected chi connectivity index (χ3v) is 6.31. The van der Waals surface area contributed by atoms with E-state index >= 15 is 0 Å². The summed E-state index contributed by atoms with van der Waals surface area (Å²) < 4.78 is 18.1. The lowest BCUT2D eigenvalue weighted by Gasteiger charge is -2.16. The smallest absolute Gasteiger partial charge is 0.272 e. The molecule has 0 unspecified atom stereocenters. The number of hydrogen-bond acceptors (Lipinski definition) is 8. The van der Waals surface area contributed by atoms with Gasteiger partial charge in [0.1, 0.15) is 0 Å². The molecule has 1 saturated heterocycles. The number of aromatic nitrogens is 3. The fourth-order valence-corrected chi connectivity index (χ4v) is 4.69. The quantitative estimate of drug-likeness (QED) is 0.559. The maximum absolute atomic E-state index is 13.1. The maximum atomic E-state index is 13.1. The number of rotatable bonds is 6. The van der Waals surface area contributed by atoms with Crippen molar-refractivity contribution in [2.45, 2.75) is 31.8 Å². The van der Waals surface area contributed by atoms with Crippen LogP contribution in [0.25, 0.3) is 11.9 Å². The number of thioether (sulfide) groups is 1. The Kier molecular flexibility index (Phi) is 5.44. The highest BCUT2D eigenvalue weighted by Gasteiger charge is 2.38. The first-order chi connectivity index (χ1) is 15.6. The van der Waals surface area contributed by atoms with Crippen LogP contribution in [-0.4, -0.2) is 39.2 Å². The van der Waals surface area contributed by atoms with Crippen LogP contribution >= 0.6 is 11.8 Å². The lowest BCUT2D eigenvalue weighted by molar-refractivity contribution is -0.113. The van der Waals surface area contributed by atoms with Crippen LogP contribution in [0.5, 0.6) is 11.5 Å². The zero-order valence-electron chi connectivity index (χ0n) is 17.4. The molecule has 1 aromatic carbocycles. The van der Waals surface area contributed by atoms with Crippen molar-refractivity contribution in [3.05, 3.63) is 53.2 Å². The topological polar surface area (TPSA) is 106 Å². The van der Waals surface area contributed by atoms with E-state index in [-0.39, 0.29) is 23.0 Å². The Labute approximate surface area is 188 Å². The SMILES string of the molecule is COc1cc(C=C2SC(=N)N(c3nonc3-n3cccc3)C2=O)ccc1OC1CCCC1. The summed E-state index contributed by atoms with van der Waals surface area (Å²) in [5.74, 6) is 1.46. The molecular weight excluding hydrogens is 430 g/mol. The summed E-state index contributed by atoms with van der Waals surface area (Å²) in [5.41, 5.74) is 0.773. The van der Waals surface area contributed by atoms with Gasteiger partial charge >= 0.3 is 0 Å². The Bertz CT molecular complexity index is 1180. The van der Waals surface area contributed by atoms with Crippen molar-refractivity contribution in [1.82, 2.24) is 14.9 Å². The number of ether oxygens (including phenoxy) is 2. The second-order valence-corrected chi connectivity index (χ2v) is 8.52. The minimum absolute atomic E-state index is 0.0264. The Morgan fingerprint density at radius 3 is 2.66 bits per heavy atom. The molecule has 1 aliphatic heterocycles. The summed E-state index contributed by atoms with van der Waals surface area (Å²) in [6.07, 6.45) is 9.96. The monoisotopic (exact) mass is 451 g/mol. The van der Waals surface area contributed by atoms with Crippen LogP contribution < -0.4 is 14.4 Å². The minimum Gasteiger partial charge on any atom is -0.493 e.